The van der Waals surface area contributed by atoms with Crippen molar-refractivity contribution in [3.8, 4) is 6.07 Å². The molecule has 1 aliphatic carbocycles. The maximum atomic E-state index is 11.9. The number of carbonyl (C=O) groups is 2. The van der Waals surface area contributed by atoms with E-state index >= 15 is 0 Å². The molecule has 104 valence electrons. The molecule has 1 aliphatic rings. The molecule has 0 aromatic heterocycles. The van der Waals surface area contributed by atoms with Crippen molar-refractivity contribution in [3.63, 3.8) is 0 Å². The van der Waals surface area contributed by atoms with Crippen LogP contribution in [0.25, 0.3) is 0 Å². The lowest BCUT2D eigenvalue weighted by Gasteiger charge is -2.21. The molecule has 1 aromatic carbocycles. The van der Waals surface area contributed by atoms with Gasteiger partial charge in [0.15, 0.2) is 5.78 Å². The first kappa shape index (κ1) is 14.3. The van der Waals surface area contributed by atoms with Crippen LogP contribution < -0.4 is 5.32 Å². The van der Waals surface area contributed by atoms with E-state index in [-0.39, 0.29) is 24.5 Å². The number of amides is 1. The van der Waals surface area contributed by atoms with E-state index in [2.05, 4.69) is 11.4 Å². The van der Waals surface area contributed by atoms with Crippen molar-refractivity contribution in [2.75, 3.05) is 0 Å². The van der Waals surface area contributed by atoms with Crippen molar-refractivity contribution in [3.05, 3.63) is 35.9 Å². The summed E-state index contributed by atoms with van der Waals surface area (Å²) < 4.78 is 0. The largest absolute Gasteiger partial charge is 0.338 e. The third-order valence-corrected chi connectivity index (χ3v) is 3.72. The number of hydrogen-bond acceptors (Lipinski definition) is 3. The molecule has 0 unspecified atom stereocenters. The summed E-state index contributed by atoms with van der Waals surface area (Å²) in [7, 11) is 0. The lowest BCUT2D eigenvalue weighted by atomic mass is 9.99. The zero-order chi connectivity index (χ0) is 14.4. The molecule has 1 N–H and O–H groups in total. The molecule has 0 atom stereocenters. The van der Waals surface area contributed by atoms with E-state index in [1.54, 1.807) is 24.3 Å². The Morgan fingerprint density at radius 3 is 2.40 bits per heavy atom. The second kappa shape index (κ2) is 6.33. The Labute approximate surface area is 118 Å². The second-order valence-electron chi connectivity index (χ2n) is 5.24. The molecule has 1 aromatic rings. The summed E-state index contributed by atoms with van der Waals surface area (Å²) in [5.41, 5.74) is -0.0801. The summed E-state index contributed by atoms with van der Waals surface area (Å²) in [5.74, 6) is -0.254. The molecule has 4 heteroatoms. The first-order chi connectivity index (χ1) is 9.65. The van der Waals surface area contributed by atoms with Gasteiger partial charge in [0.25, 0.3) is 0 Å². The lowest BCUT2D eigenvalue weighted by molar-refractivity contribution is -0.122. The van der Waals surface area contributed by atoms with Crippen molar-refractivity contribution in [1.29, 1.82) is 5.26 Å². The number of hydrogen-bond donors (Lipinski definition) is 1. The fraction of sp³-hybridized carbons (Fsp3) is 0.438. The number of nitrogens with one attached hydrogen (secondary N) is 1. The Kier molecular flexibility index (Phi) is 4.52. The van der Waals surface area contributed by atoms with Crippen LogP contribution >= 0.6 is 0 Å². The highest BCUT2D eigenvalue weighted by Gasteiger charge is 2.35. The maximum absolute atomic E-state index is 11.9. The van der Waals surface area contributed by atoms with Crippen LogP contribution in [-0.2, 0) is 4.79 Å². The fourth-order valence-electron chi connectivity index (χ4n) is 2.57. The molecular formula is C16H18N2O2. The van der Waals surface area contributed by atoms with Gasteiger partial charge in [0, 0.05) is 18.4 Å². The average Bonchev–Trinajstić information content (AvgIpc) is 2.95. The first-order valence-corrected chi connectivity index (χ1v) is 6.96. The molecule has 0 saturated heterocycles. The van der Waals surface area contributed by atoms with Gasteiger partial charge in [-0.05, 0) is 25.7 Å². The van der Waals surface area contributed by atoms with Gasteiger partial charge < -0.3 is 5.32 Å². The third-order valence-electron chi connectivity index (χ3n) is 3.72. The Bertz CT molecular complexity index is 525. The normalized spacial score (nSPS) is 16.4. The zero-order valence-electron chi connectivity index (χ0n) is 11.4. The van der Waals surface area contributed by atoms with Crippen molar-refractivity contribution >= 4 is 11.7 Å². The maximum Gasteiger partial charge on any atom is 0.221 e. The topological polar surface area (TPSA) is 70.0 Å². The van der Waals surface area contributed by atoms with Crippen LogP contribution in [0.3, 0.4) is 0 Å². The van der Waals surface area contributed by atoms with Crippen LogP contribution in [0, 0.1) is 11.3 Å². The van der Waals surface area contributed by atoms with Crippen LogP contribution in [0.5, 0.6) is 0 Å². The van der Waals surface area contributed by atoms with Gasteiger partial charge in [-0.25, -0.2) is 0 Å². The third kappa shape index (κ3) is 3.45. The molecule has 1 amide bonds. The van der Waals surface area contributed by atoms with Gasteiger partial charge in [-0.2, -0.15) is 5.26 Å². The molecular weight excluding hydrogens is 252 g/mol. The predicted octanol–water partition coefficient (Wildman–Crippen LogP) is 2.60. The van der Waals surface area contributed by atoms with E-state index in [1.165, 1.54) is 0 Å². The molecule has 0 spiro atoms. The predicted molar refractivity (Wildman–Crippen MR) is 75.0 cm³/mol. The van der Waals surface area contributed by atoms with Crippen molar-refractivity contribution in [2.24, 2.45) is 0 Å². The molecule has 1 fully saturated rings. The van der Waals surface area contributed by atoms with Crippen LogP contribution in [-0.4, -0.2) is 17.2 Å². The van der Waals surface area contributed by atoms with Gasteiger partial charge >= 0.3 is 0 Å². The number of carbonyl (C=O) groups excluding carboxylic acids is 2. The highest BCUT2D eigenvalue weighted by molar-refractivity contribution is 5.97. The molecule has 20 heavy (non-hydrogen) atoms. The van der Waals surface area contributed by atoms with Crippen LogP contribution in [0.1, 0.15) is 48.9 Å². The molecule has 0 radical (unpaired) electrons. The van der Waals surface area contributed by atoms with Crippen molar-refractivity contribution in [2.45, 2.75) is 44.1 Å². The van der Waals surface area contributed by atoms with Crippen LogP contribution in [0.4, 0.5) is 0 Å². The molecule has 4 nitrogen and oxygen atoms in total. The fourth-order valence-corrected chi connectivity index (χ4v) is 2.57. The summed E-state index contributed by atoms with van der Waals surface area (Å²) in [6, 6.07) is 11.2. The molecule has 0 bridgehead atoms. The van der Waals surface area contributed by atoms with Crippen molar-refractivity contribution < 1.29 is 9.59 Å². The highest BCUT2D eigenvalue weighted by atomic mass is 16.2. The number of Topliss-reactive ketones (excluding diaryl/α,β-unsaturated/α-hetero) is 1. The van der Waals surface area contributed by atoms with E-state index in [1.807, 2.05) is 6.07 Å². The van der Waals surface area contributed by atoms with Gasteiger partial charge in [-0.3, -0.25) is 9.59 Å². The van der Waals surface area contributed by atoms with Gasteiger partial charge in [-0.1, -0.05) is 30.3 Å². The number of nitriles is 1. The standard InChI is InChI=1S/C16H18N2O2/c17-12-16(10-4-5-11-16)18-15(20)9-8-14(19)13-6-2-1-3-7-13/h1-3,6-7H,4-5,8-11H2,(H,18,20). The number of rotatable bonds is 5. The SMILES string of the molecule is N#CC1(NC(=O)CCC(=O)c2ccccc2)CCCC1. The average molecular weight is 270 g/mol. The Morgan fingerprint density at radius 1 is 1.15 bits per heavy atom. The minimum absolute atomic E-state index is 0.0434. The minimum atomic E-state index is -0.702. The Hall–Kier alpha value is -2.15. The molecule has 2 rings (SSSR count). The van der Waals surface area contributed by atoms with Gasteiger partial charge in [0.2, 0.25) is 5.91 Å². The summed E-state index contributed by atoms with van der Waals surface area (Å²) in [5, 5.41) is 12.0. The zero-order valence-corrected chi connectivity index (χ0v) is 11.4. The van der Waals surface area contributed by atoms with Gasteiger partial charge in [0.1, 0.15) is 5.54 Å². The van der Waals surface area contributed by atoms with E-state index in [0.29, 0.717) is 18.4 Å². The van der Waals surface area contributed by atoms with E-state index < -0.39 is 5.54 Å². The second-order valence-corrected chi connectivity index (χ2v) is 5.24. The summed E-state index contributed by atoms with van der Waals surface area (Å²) in [6.07, 6.45) is 3.67. The van der Waals surface area contributed by atoms with Crippen LogP contribution in [0.2, 0.25) is 0 Å². The summed E-state index contributed by atoms with van der Waals surface area (Å²) in [4.78, 5) is 23.8. The molecule has 1 saturated carbocycles. The van der Waals surface area contributed by atoms with Gasteiger partial charge in [0.05, 0.1) is 6.07 Å². The summed E-state index contributed by atoms with van der Waals surface area (Å²) in [6.45, 7) is 0. The number of nitrogens with zero attached hydrogens (tertiary/aromatic N) is 1. The van der Waals surface area contributed by atoms with E-state index in [9.17, 15) is 14.9 Å². The number of benzene rings is 1. The monoisotopic (exact) mass is 270 g/mol. The first-order valence-electron chi connectivity index (χ1n) is 6.96. The Balaban J connectivity index is 1.84. The van der Waals surface area contributed by atoms with Gasteiger partial charge in [-0.15, -0.1) is 0 Å². The molecule has 0 aliphatic heterocycles. The van der Waals surface area contributed by atoms with E-state index in [0.717, 1.165) is 12.8 Å². The lowest BCUT2D eigenvalue weighted by Crippen LogP contribution is -2.45. The summed E-state index contributed by atoms with van der Waals surface area (Å²) >= 11 is 0. The smallest absolute Gasteiger partial charge is 0.221 e. The van der Waals surface area contributed by atoms with Crippen LogP contribution in [0.15, 0.2) is 30.3 Å². The minimum Gasteiger partial charge on any atom is -0.338 e. The Morgan fingerprint density at radius 2 is 1.80 bits per heavy atom. The highest BCUT2D eigenvalue weighted by Crippen LogP contribution is 2.28. The quantitative estimate of drug-likeness (QED) is 0.836. The molecule has 0 heterocycles. The van der Waals surface area contributed by atoms with Crippen molar-refractivity contribution in [1.82, 2.24) is 5.32 Å². The van der Waals surface area contributed by atoms with E-state index in [4.69, 9.17) is 0 Å². The number of ketones is 1.